The summed E-state index contributed by atoms with van der Waals surface area (Å²) in [7, 11) is 1.52. The van der Waals surface area contributed by atoms with Crippen LogP contribution in [0.1, 0.15) is 26.7 Å². The van der Waals surface area contributed by atoms with Crippen molar-refractivity contribution in [2.24, 2.45) is 0 Å². The summed E-state index contributed by atoms with van der Waals surface area (Å²) in [6, 6.07) is 0. The summed E-state index contributed by atoms with van der Waals surface area (Å²) in [6.07, 6.45) is 1.88. The summed E-state index contributed by atoms with van der Waals surface area (Å²) in [4.78, 5) is 22.3. The predicted octanol–water partition coefficient (Wildman–Crippen LogP) is 1.47. The lowest BCUT2D eigenvalue weighted by Gasteiger charge is -2.04. The molecule has 17 heavy (non-hydrogen) atoms. The molecule has 0 amide bonds. The number of carbonyl (C=O) groups is 2. The van der Waals surface area contributed by atoms with E-state index in [1.165, 1.54) is 7.11 Å². The van der Waals surface area contributed by atoms with Gasteiger partial charge in [-0.2, -0.15) is 0 Å². The zero-order chi connectivity index (χ0) is 13.1. The number of carbonyl (C=O) groups excluding carboxylic acids is 2. The lowest BCUT2D eigenvalue weighted by Crippen LogP contribution is -2.12. The van der Waals surface area contributed by atoms with Crippen molar-refractivity contribution in [3.8, 4) is 0 Å². The van der Waals surface area contributed by atoms with E-state index in [1.54, 1.807) is 6.08 Å². The van der Waals surface area contributed by atoms with Crippen LogP contribution in [0.2, 0.25) is 0 Å². The fourth-order valence-electron chi connectivity index (χ4n) is 0.889. The quantitative estimate of drug-likeness (QED) is 0.367. The standard InChI is InChI=1S/C12H20O5/c1-10(2)6-7-16-11(13)4-5-12(14)17-9-8-15-3/h6H,4-5,7-9H2,1-3H3. The van der Waals surface area contributed by atoms with Crippen LogP contribution in [-0.4, -0.2) is 38.9 Å². The first-order chi connectivity index (χ1) is 8.06. The van der Waals surface area contributed by atoms with Gasteiger partial charge in [-0.1, -0.05) is 5.57 Å². The molecule has 0 aliphatic rings. The SMILES string of the molecule is COCCOC(=O)CCC(=O)OCC=C(C)C. The van der Waals surface area contributed by atoms with E-state index in [-0.39, 0.29) is 26.1 Å². The van der Waals surface area contributed by atoms with Crippen LogP contribution in [0, 0.1) is 0 Å². The van der Waals surface area contributed by atoms with Crippen molar-refractivity contribution in [2.45, 2.75) is 26.7 Å². The molecule has 0 aliphatic heterocycles. The van der Waals surface area contributed by atoms with Crippen LogP contribution in [0.3, 0.4) is 0 Å². The third-order valence-corrected chi connectivity index (χ3v) is 1.82. The third kappa shape index (κ3) is 10.9. The summed E-state index contributed by atoms with van der Waals surface area (Å²) < 4.78 is 14.4. The first-order valence-corrected chi connectivity index (χ1v) is 5.49. The molecule has 0 aromatic carbocycles. The van der Waals surface area contributed by atoms with Gasteiger partial charge in [-0.3, -0.25) is 9.59 Å². The van der Waals surface area contributed by atoms with Gasteiger partial charge in [-0.05, 0) is 19.9 Å². The maximum atomic E-state index is 11.2. The molecular weight excluding hydrogens is 224 g/mol. The summed E-state index contributed by atoms with van der Waals surface area (Å²) in [5.41, 5.74) is 1.08. The lowest BCUT2D eigenvalue weighted by atomic mass is 10.3. The number of hydrogen-bond donors (Lipinski definition) is 0. The van der Waals surface area contributed by atoms with E-state index in [9.17, 15) is 9.59 Å². The topological polar surface area (TPSA) is 61.8 Å². The van der Waals surface area contributed by atoms with Crippen molar-refractivity contribution >= 4 is 11.9 Å². The first-order valence-electron chi connectivity index (χ1n) is 5.49. The number of ether oxygens (including phenoxy) is 3. The van der Waals surface area contributed by atoms with Crippen LogP contribution in [0.15, 0.2) is 11.6 Å². The summed E-state index contributed by atoms with van der Waals surface area (Å²) in [5, 5.41) is 0. The molecule has 0 aliphatic carbocycles. The normalized spacial score (nSPS) is 9.59. The average Bonchev–Trinajstić information content (AvgIpc) is 2.26. The van der Waals surface area contributed by atoms with E-state index in [4.69, 9.17) is 14.2 Å². The molecule has 0 atom stereocenters. The van der Waals surface area contributed by atoms with E-state index in [2.05, 4.69) is 0 Å². The van der Waals surface area contributed by atoms with Gasteiger partial charge >= 0.3 is 11.9 Å². The molecule has 5 nitrogen and oxygen atoms in total. The van der Waals surface area contributed by atoms with Gasteiger partial charge in [0.2, 0.25) is 0 Å². The predicted molar refractivity (Wildman–Crippen MR) is 62.5 cm³/mol. The van der Waals surface area contributed by atoms with Crippen LogP contribution in [0.25, 0.3) is 0 Å². The van der Waals surface area contributed by atoms with Gasteiger partial charge in [0.15, 0.2) is 0 Å². The molecule has 0 radical (unpaired) electrons. The second kappa shape index (κ2) is 9.84. The van der Waals surface area contributed by atoms with E-state index in [0.717, 1.165) is 5.57 Å². The monoisotopic (exact) mass is 244 g/mol. The second-order valence-electron chi connectivity index (χ2n) is 3.68. The maximum absolute atomic E-state index is 11.2. The Morgan fingerprint density at radius 3 is 2.12 bits per heavy atom. The molecule has 0 saturated carbocycles. The Bertz CT molecular complexity index is 266. The van der Waals surface area contributed by atoms with Crippen LogP contribution in [0.5, 0.6) is 0 Å². The Hall–Kier alpha value is -1.36. The summed E-state index contributed by atoms with van der Waals surface area (Å²) >= 11 is 0. The highest BCUT2D eigenvalue weighted by molar-refractivity contribution is 5.77. The van der Waals surface area contributed by atoms with Gasteiger partial charge in [0, 0.05) is 7.11 Å². The molecule has 0 rings (SSSR count). The van der Waals surface area contributed by atoms with Crippen molar-refractivity contribution in [1.29, 1.82) is 0 Å². The molecule has 0 aromatic heterocycles. The third-order valence-electron chi connectivity index (χ3n) is 1.82. The van der Waals surface area contributed by atoms with Crippen LogP contribution in [-0.2, 0) is 23.8 Å². The van der Waals surface area contributed by atoms with Gasteiger partial charge in [-0.15, -0.1) is 0 Å². The minimum absolute atomic E-state index is 0.0391. The van der Waals surface area contributed by atoms with Crippen LogP contribution >= 0.6 is 0 Å². The van der Waals surface area contributed by atoms with Gasteiger partial charge in [-0.25, -0.2) is 0 Å². The van der Waals surface area contributed by atoms with Gasteiger partial charge in [0.1, 0.15) is 13.2 Å². The minimum Gasteiger partial charge on any atom is -0.463 e. The van der Waals surface area contributed by atoms with Crippen LogP contribution in [0.4, 0.5) is 0 Å². The molecule has 0 saturated heterocycles. The number of rotatable bonds is 8. The second-order valence-corrected chi connectivity index (χ2v) is 3.68. The van der Waals surface area contributed by atoms with Gasteiger partial charge in [0.05, 0.1) is 19.4 Å². The Morgan fingerprint density at radius 1 is 1.00 bits per heavy atom. The zero-order valence-electron chi connectivity index (χ0n) is 10.7. The summed E-state index contributed by atoms with van der Waals surface area (Å²) in [6.45, 7) is 4.65. The lowest BCUT2D eigenvalue weighted by molar-refractivity contribution is -0.150. The zero-order valence-corrected chi connectivity index (χ0v) is 10.7. The van der Waals surface area contributed by atoms with E-state index < -0.39 is 11.9 Å². The number of methoxy groups -OCH3 is 1. The molecule has 98 valence electrons. The highest BCUT2D eigenvalue weighted by atomic mass is 16.6. The van der Waals surface area contributed by atoms with E-state index >= 15 is 0 Å². The van der Waals surface area contributed by atoms with Gasteiger partial charge in [0.25, 0.3) is 0 Å². The maximum Gasteiger partial charge on any atom is 0.306 e. The fourth-order valence-corrected chi connectivity index (χ4v) is 0.889. The minimum atomic E-state index is -0.416. The molecule has 0 bridgehead atoms. The van der Waals surface area contributed by atoms with E-state index in [1.807, 2.05) is 13.8 Å². The van der Waals surface area contributed by atoms with E-state index in [0.29, 0.717) is 6.61 Å². The Morgan fingerprint density at radius 2 is 1.59 bits per heavy atom. The molecular formula is C12H20O5. The fraction of sp³-hybridized carbons (Fsp3) is 0.667. The molecule has 0 spiro atoms. The molecule has 0 aromatic rings. The highest BCUT2D eigenvalue weighted by Gasteiger charge is 2.08. The molecule has 0 heterocycles. The first kappa shape index (κ1) is 15.6. The molecule has 0 N–H and O–H groups in total. The van der Waals surface area contributed by atoms with Crippen molar-refractivity contribution in [2.75, 3.05) is 26.9 Å². The smallest absolute Gasteiger partial charge is 0.306 e. The highest BCUT2D eigenvalue weighted by Crippen LogP contribution is 1.97. The van der Waals surface area contributed by atoms with Crippen molar-refractivity contribution in [3.63, 3.8) is 0 Å². The largest absolute Gasteiger partial charge is 0.463 e. The Labute approximate surface area is 102 Å². The van der Waals surface area contributed by atoms with Crippen molar-refractivity contribution < 1.29 is 23.8 Å². The number of hydrogen-bond acceptors (Lipinski definition) is 5. The molecule has 5 heteroatoms. The molecule has 0 unspecified atom stereocenters. The Balaban J connectivity index is 3.55. The van der Waals surface area contributed by atoms with Crippen molar-refractivity contribution in [3.05, 3.63) is 11.6 Å². The summed E-state index contributed by atoms with van der Waals surface area (Å²) in [5.74, 6) is -0.813. The number of esters is 2. The molecule has 0 fully saturated rings. The average molecular weight is 244 g/mol. The van der Waals surface area contributed by atoms with Gasteiger partial charge < -0.3 is 14.2 Å². The van der Waals surface area contributed by atoms with Crippen LogP contribution < -0.4 is 0 Å². The number of allylic oxidation sites excluding steroid dienone is 1. The Kier molecular flexibility index (Phi) is 9.05. The van der Waals surface area contributed by atoms with Crippen molar-refractivity contribution in [1.82, 2.24) is 0 Å².